The molecule has 0 aliphatic rings. The SMILES string of the molecule is COc1ccc(C=[13CH2])cc1. The number of ether oxygens (including phenoxy) is 1. The maximum Gasteiger partial charge on any atom is 0.118 e. The van der Waals surface area contributed by atoms with Crippen LogP contribution in [-0.2, 0) is 0 Å². The highest BCUT2D eigenvalue weighted by atomic mass is 16.5. The van der Waals surface area contributed by atoms with Crippen molar-refractivity contribution in [1.82, 2.24) is 0 Å². The highest BCUT2D eigenvalue weighted by Crippen LogP contribution is 2.11. The Labute approximate surface area is 61.0 Å². The summed E-state index contributed by atoms with van der Waals surface area (Å²) in [5, 5.41) is 0. The van der Waals surface area contributed by atoms with E-state index >= 15 is 0 Å². The summed E-state index contributed by atoms with van der Waals surface area (Å²) in [6, 6.07) is 7.76. The van der Waals surface area contributed by atoms with Crippen molar-refractivity contribution in [2.24, 2.45) is 0 Å². The minimum absolute atomic E-state index is 0.880. The van der Waals surface area contributed by atoms with Crippen molar-refractivity contribution in [3.8, 4) is 5.75 Å². The molecule has 0 amide bonds. The molecule has 1 rings (SSSR count). The molecule has 1 aromatic carbocycles. The molecule has 1 aromatic rings. The first-order valence-corrected chi connectivity index (χ1v) is 3.13. The first-order chi connectivity index (χ1) is 4.86. The van der Waals surface area contributed by atoms with Gasteiger partial charge >= 0.3 is 0 Å². The van der Waals surface area contributed by atoms with Crippen LogP contribution in [0.4, 0.5) is 0 Å². The Kier molecular flexibility index (Phi) is 2.11. The fourth-order valence-electron chi connectivity index (χ4n) is 0.740. The van der Waals surface area contributed by atoms with Crippen LogP contribution in [0.25, 0.3) is 6.08 Å². The summed E-state index contributed by atoms with van der Waals surface area (Å²) >= 11 is 0. The maximum atomic E-state index is 4.98. The summed E-state index contributed by atoms with van der Waals surface area (Å²) in [6.45, 7) is 3.65. The molecule has 0 unspecified atom stereocenters. The summed E-state index contributed by atoms with van der Waals surface area (Å²) in [5.74, 6) is 0.880. The van der Waals surface area contributed by atoms with E-state index in [1.807, 2.05) is 24.3 Å². The summed E-state index contributed by atoms with van der Waals surface area (Å²) < 4.78 is 4.98. The molecule has 1 heteroatoms. The summed E-state index contributed by atoms with van der Waals surface area (Å²) in [5.41, 5.74) is 1.11. The molecule has 0 aliphatic heterocycles. The topological polar surface area (TPSA) is 9.23 Å². The lowest BCUT2D eigenvalue weighted by Gasteiger charge is -1.97. The van der Waals surface area contributed by atoms with E-state index in [0.29, 0.717) is 0 Å². The van der Waals surface area contributed by atoms with Crippen LogP contribution < -0.4 is 4.74 Å². The monoisotopic (exact) mass is 135 g/mol. The number of hydrogen-bond acceptors (Lipinski definition) is 1. The molecular formula is C9H10O. The third-order valence-corrected chi connectivity index (χ3v) is 1.35. The van der Waals surface area contributed by atoms with Crippen molar-refractivity contribution in [2.45, 2.75) is 0 Å². The highest BCUT2D eigenvalue weighted by Gasteiger charge is 1.87. The fourth-order valence-corrected chi connectivity index (χ4v) is 0.740. The molecule has 10 heavy (non-hydrogen) atoms. The third-order valence-electron chi connectivity index (χ3n) is 1.35. The van der Waals surface area contributed by atoms with E-state index in [9.17, 15) is 0 Å². The first kappa shape index (κ1) is 6.87. The lowest BCUT2D eigenvalue weighted by atomic mass is 10.2. The molecule has 0 fully saturated rings. The summed E-state index contributed by atoms with van der Waals surface area (Å²) in [7, 11) is 1.66. The Morgan fingerprint density at radius 2 is 1.90 bits per heavy atom. The summed E-state index contributed by atoms with van der Waals surface area (Å²) in [6.07, 6.45) is 1.80. The minimum Gasteiger partial charge on any atom is -0.497 e. The standard InChI is InChI=1S/C9H10O/c1-3-8-4-6-9(10-2)7-5-8/h3-7H,1H2,2H3/i1+1. The molecular weight excluding hydrogens is 125 g/mol. The molecule has 0 atom stereocenters. The van der Waals surface area contributed by atoms with Crippen molar-refractivity contribution in [1.29, 1.82) is 0 Å². The van der Waals surface area contributed by atoms with Gasteiger partial charge in [0.1, 0.15) is 5.75 Å². The number of methoxy groups -OCH3 is 1. The van der Waals surface area contributed by atoms with Gasteiger partial charge in [-0.3, -0.25) is 0 Å². The van der Waals surface area contributed by atoms with Crippen molar-refractivity contribution in [2.75, 3.05) is 7.11 Å². The van der Waals surface area contributed by atoms with Gasteiger partial charge in [0.05, 0.1) is 7.11 Å². The average molecular weight is 135 g/mol. The normalized spacial score (nSPS) is 8.90. The van der Waals surface area contributed by atoms with E-state index in [0.717, 1.165) is 11.3 Å². The van der Waals surface area contributed by atoms with Crippen LogP contribution in [0.15, 0.2) is 30.8 Å². The van der Waals surface area contributed by atoms with Crippen LogP contribution in [0.5, 0.6) is 5.75 Å². The van der Waals surface area contributed by atoms with Gasteiger partial charge in [0, 0.05) is 0 Å². The lowest BCUT2D eigenvalue weighted by molar-refractivity contribution is 0.415. The first-order valence-electron chi connectivity index (χ1n) is 3.13. The molecule has 0 aromatic heterocycles. The van der Waals surface area contributed by atoms with E-state index in [1.165, 1.54) is 0 Å². The number of benzene rings is 1. The molecule has 0 bridgehead atoms. The van der Waals surface area contributed by atoms with E-state index in [4.69, 9.17) is 4.74 Å². The fraction of sp³-hybridized carbons (Fsp3) is 0.111. The molecule has 0 spiro atoms. The largest absolute Gasteiger partial charge is 0.497 e. The van der Waals surface area contributed by atoms with Crippen molar-refractivity contribution < 1.29 is 4.74 Å². The highest BCUT2D eigenvalue weighted by molar-refractivity contribution is 5.48. The number of hydrogen-bond donors (Lipinski definition) is 0. The van der Waals surface area contributed by atoms with Crippen LogP contribution in [0.2, 0.25) is 0 Å². The minimum atomic E-state index is 0.880. The van der Waals surface area contributed by atoms with Gasteiger partial charge in [-0.05, 0) is 17.7 Å². The van der Waals surface area contributed by atoms with Crippen LogP contribution >= 0.6 is 0 Å². The zero-order chi connectivity index (χ0) is 7.40. The van der Waals surface area contributed by atoms with Crippen LogP contribution in [0.3, 0.4) is 0 Å². The second-order valence-corrected chi connectivity index (χ2v) is 1.98. The molecule has 1 nitrogen and oxygen atoms in total. The van der Waals surface area contributed by atoms with Crippen molar-refractivity contribution in [3.05, 3.63) is 36.4 Å². The van der Waals surface area contributed by atoms with Crippen molar-refractivity contribution in [3.63, 3.8) is 0 Å². The molecule has 0 radical (unpaired) electrons. The summed E-state index contributed by atoms with van der Waals surface area (Å²) in [4.78, 5) is 0. The van der Waals surface area contributed by atoms with Crippen LogP contribution in [-0.4, -0.2) is 7.11 Å². The van der Waals surface area contributed by atoms with Gasteiger partial charge in [0.15, 0.2) is 0 Å². The third kappa shape index (κ3) is 1.38. The molecule has 0 saturated heterocycles. The van der Waals surface area contributed by atoms with Gasteiger partial charge in [0.2, 0.25) is 0 Å². The van der Waals surface area contributed by atoms with Gasteiger partial charge < -0.3 is 4.74 Å². The Hall–Kier alpha value is -1.24. The Morgan fingerprint density at radius 3 is 2.30 bits per heavy atom. The zero-order valence-electron chi connectivity index (χ0n) is 6.00. The Morgan fingerprint density at radius 1 is 1.30 bits per heavy atom. The van der Waals surface area contributed by atoms with E-state index in [2.05, 4.69) is 6.58 Å². The van der Waals surface area contributed by atoms with Crippen molar-refractivity contribution >= 4 is 6.08 Å². The van der Waals surface area contributed by atoms with Gasteiger partial charge in [-0.1, -0.05) is 24.8 Å². The Balaban J connectivity index is 2.90. The lowest BCUT2D eigenvalue weighted by Crippen LogP contribution is -1.80. The van der Waals surface area contributed by atoms with Crippen LogP contribution in [0.1, 0.15) is 5.56 Å². The maximum absolute atomic E-state index is 4.98. The number of rotatable bonds is 2. The molecule has 0 N–H and O–H groups in total. The van der Waals surface area contributed by atoms with E-state index in [1.54, 1.807) is 13.2 Å². The second-order valence-electron chi connectivity index (χ2n) is 1.98. The molecule has 0 saturated carbocycles. The Bertz CT molecular complexity index is 211. The van der Waals surface area contributed by atoms with Gasteiger partial charge in [-0.15, -0.1) is 0 Å². The predicted molar refractivity (Wildman–Crippen MR) is 43.1 cm³/mol. The quantitative estimate of drug-likeness (QED) is 0.565. The van der Waals surface area contributed by atoms with Gasteiger partial charge in [-0.25, -0.2) is 0 Å². The second kappa shape index (κ2) is 3.06. The van der Waals surface area contributed by atoms with Gasteiger partial charge in [0.25, 0.3) is 0 Å². The predicted octanol–water partition coefficient (Wildman–Crippen LogP) is 2.34. The molecule has 52 valence electrons. The zero-order valence-corrected chi connectivity index (χ0v) is 6.00. The van der Waals surface area contributed by atoms with E-state index < -0.39 is 0 Å². The van der Waals surface area contributed by atoms with Crippen LogP contribution in [0, 0.1) is 0 Å². The average Bonchev–Trinajstić information content (AvgIpc) is 2.05. The van der Waals surface area contributed by atoms with Gasteiger partial charge in [-0.2, -0.15) is 0 Å². The molecule has 0 heterocycles. The molecule has 0 aliphatic carbocycles. The smallest absolute Gasteiger partial charge is 0.118 e. The van der Waals surface area contributed by atoms with E-state index in [-0.39, 0.29) is 0 Å².